The first-order valence-electron chi connectivity index (χ1n) is 6.50. The first-order valence-corrected chi connectivity index (χ1v) is 6.50. The normalized spacial score (nSPS) is 27.6. The molecule has 1 fully saturated rings. The molecule has 0 spiro atoms. The van der Waals surface area contributed by atoms with Crippen LogP contribution < -0.4 is 0 Å². The quantitative estimate of drug-likeness (QED) is 0.804. The molecule has 2 rings (SSSR count). The van der Waals surface area contributed by atoms with E-state index in [0.717, 1.165) is 6.42 Å². The molecule has 1 aliphatic rings. The lowest BCUT2D eigenvalue weighted by atomic mass is 10.1. The number of methoxy groups -OCH3 is 1. The molecule has 0 aromatic heterocycles. The van der Waals surface area contributed by atoms with Crippen molar-refractivity contribution >= 4 is 0 Å². The highest BCUT2D eigenvalue weighted by Gasteiger charge is 2.31. The Labute approximate surface area is 109 Å². The standard InChI is InChI=1S/C15H22O3/c1-11-5-4-6-13(7-11)9-17-10-14-8-12(2)15(16-3)18-14/h4-7,12,14-15H,8-10H2,1-3H3/t12-,14-,15?/m0/s1. The Hall–Kier alpha value is -0.900. The molecule has 1 aliphatic heterocycles. The van der Waals surface area contributed by atoms with Crippen LogP contribution in [-0.4, -0.2) is 26.1 Å². The summed E-state index contributed by atoms with van der Waals surface area (Å²) in [6.07, 6.45) is 1.10. The summed E-state index contributed by atoms with van der Waals surface area (Å²) in [6, 6.07) is 8.39. The van der Waals surface area contributed by atoms with Gasteiger partial charge in [0.05, 0.1) is 19.3 Å². The van der Waals surface area contributed by atoms with Gasteiger partial charge >= 0.3 is 0 Å². The number of rotatable bonds is 5. The molecule has 3 nitrogen and oxygen atoms in total. The number of ether oxygens (including phenoxy) is 3. The molecule has 0 bridgehead atoms. The van der Waals surface area contributed by atoms with Gasteiger partial charge in [0.25, 0.3) is 0 Å². The van der Waals surface area contributed by atoms with Crippen LogP contribution in [0, 0.1) is 12.8 Å². The van der Waals surface area contributed by atoms with E-state index in [1.807, 2.05) is 0 Å². The minimum atomic E-state index is -0.0717. The van der Waals surface area contributed by atoms with Gasteiger partial charge in [0.2, 0.25) is 0 Å². The topological polar surface area (TPSA) is 27.7 Å². The van der Waals surface area contributed by atoms with E-state index in [4.69, 9.17) is 14.2 Å². The third-order valence-electron chi connectivity index (χ3n) is 3.31. The minimum Gasteiger partial charge on any atom is -0.374 e. The van der Waals surface area contributed by atoms with Gasteiger partial charge in [0.15, 0.2) is 6.29 Å². The summed E-state index contributed by atoms with van der Waals surface area (Å²) >= 11 is 0. The van der Waals surface area contributed by atoms with Crippen LogP contribution in [0.15, 0.2) is 24.3 Å². The lowest BCUT2D eigenvalue weighted by molar-refractivity contribution is -0.141. The molecule has 0 radical (unpaired) electrons. The highest BCUT2D eigenvalue weighted by Crippen LogP contribution is 2.26. The average molecular weight is 250 g/mol. The minimum absolute atomic E-state index is 0.0717. The third kappa shape index (κ3) is 3.55. The Morgan fingerprint density at radius 1 is 1.39 bits per heavy atom. The van der Waals surface area contributed by atoms with E-state index in [1.165, 1.54) is 11.1 Å². The molecular weight excluding hydrogens is 228 g/mol. The number of hydrogen-bond donors (Lipinski definition) is 0. The van der Waals surface area contributed by atoms with Crippen LogP contribution in [0.3, 0.4) is 0 Å². The van der Waals surface area contributed by atoms with Gasteiger partial charge in [-0.15, -0.1) is 0 Å². The molecule has 1 saturated heterocycles. The zero-order chi connectivity index (χ0) is 13.0. The molecular formula is C15H22O3. The maximum Gasteiger partial charge on any atom is 0.160 e. The summed E-state index contributed by atoms with van der Waals surface area (Å²) in [5.74, 6) is 0.447. The summed E-state index contributed by atoms with van der Waals surface area (Å²) < 4.78 is 16.7. The molecule has 3 heteroatoms. The van der Waals surface area contributed by atoms with Crippen molar-refractivity contribution in [1.29, 1.82) is 0 Å². The van der Waals surface area contributed by atoms with E-state index < -0.39 is 0 Å². The Morgan fingerprint density at radius 2 is 2.22 bits per heavy atom. The van der Waals surface area contributed by atoms with Gasteiger partial charge in [0, 0.05) is 13.0 Å². The second-order valence-electron chi connectivity index (χ2n) is 5.08. The van der Waals surface area contributed by atoms with Crippen LogP contribution in [0.1, 0.15) is 24.5 Å². The largest absolute Gasteiger partial charge is 0.374 e. The molecule has 1 aromatic carbocycles. The van der Waals surface area contributed by atoms with Crippen molar-refractivity contribution in [3.05, 3.63) is 35.4 Å². The summed E-state index contributed by atoms with van der Waals surface area (Å²) in [4.78, 5) is 0. The molecule has 1 unspecified atom stereocenters. The highest BCUT2D eigenvalue weighted by atomic mass is 16.7. The predicted molar refractivity (Wildman–Crippen MR) is 70.3 cm³/mol. The van der Waals surface area contributed by atoms with Crippen molar-refractivity contribution in [2.24, 2.45) is 5.92 Å². The smallest absolute Gasteiger partial charge is 0.160 e. The second-order valence-corrected chi connectivity index (χ2v) is 5.08. The summed E-state index contributed by atoms with van der Waals surface area (Å²) in [6.45, 7) is 5.52. The molecule has 0 N–H and O–H groups in total. The van der Waals surface area contributed by atoms with E-state index in [1.54, 1.807) is 7.11 Å². The number of aryl methyl sites for hydroxylation is 1. The Kier molecular flexibility index (Phi) is 4.75. The van der Waals surface area contributed by atoms with Gasteiger partial charge in [-0.25, -0.2) is 0 Å². The van der Waals surface area contributed by atoms with Gasteiger partial charge in [-0.3, -0.25) is 0 Å². The summed E-state index contributed by atoms with van der Waals surface area (Å²) in [5, 5.41) is 0. The molecule has 18 heavy (non-hydrogen) atoms. The van der Waals surface area contributed by atoms with Gasteiger partial charge < -0.3 is 14.2 Å². The summed E-state index contributed by atoms with van der Waals surface area (Å²) in [7, 11) is 1.69. The fourth-order valence-corrected chi connectivity index (χ4v) is 2.41. The first kappa shape index (κ1) is 13.5. The van der Waals surface area contributed by atoms with Crippen molar-refractivity contribution < 1.29 is 14.2 Å². The third-order valence-corrected chi connectivity index (χ3v) is 3.31. The molecule has 1 heterocycles. The molecule has 100 valence electrons. The van der Waals surface area contributed by atoms with Gasteiger partial charge in [0.1, 0.15) is 0 Å². The van der Waals surface area contributed by atoms with Crippen molar-refractivity contribution in [3.63, 3.8) is 0 Å². The first-order chi connectivity index (χ1) is 8.69. The summed E-state index contributed by atoms with van der Waals surface area (Å²) in [5.41, 5.74) is 2.48. The van der Waals surface area contributed by atoms with Crippen molar-refractivity contribution in [2.45, 2.75) is 39.3 Å². The monoisotopic (exact) mass is 250 g/mol. The fourth-order valence-electron chi connectivity index (χ4n) is 2.41. The lowest BCUT2D eigenvalue weighted by Gasteiger charge is -2.13. The van der Waals surface area contributed by atoms with E-state index >= 15 is 0 Å². The van der Waals surface area contributed by atoms with Gasteiger partial charge in [-0.1, -0.05) is 36.8 Å². The van der Waals surface area contributed by atoms with E-state index in [9.17, 15) is 0 Å². The van der Waals surface area contributed by atoms with Gasteiger partial charge in [-0.2, -0.15) is 0 Å². The number of benzene rings is 1. The molecule has 0 amide bonds. The van der Waals surface area contributed by atoms with Gasteiger partial charge in [-0.05, 0) is 18.9 Å². The van der Waals surface area contributed by atoms with Crippen LogP contribution >= 0.6 is 0 Å². The van der Waals surface area contributed by atoms with Crippen LogP contribution in [0.4, 0.5) is 0 Å². The van der Waals surface area contributed by atoms with Crippen LogP contribution in [0.5, 0.6) is 0 Å². The molecule has 0 aliphatic carbocycles. The van der Waals surface area contributed by atoms with Crippen molar-refractivity contribution in [2.75, 3.05) is 13.7 Å². The maximum absolute atomic E-state index is 5.74. The molecule has 3 atom stereocenters. The van der Waals surface area contributed by atoms with Crippen molar-refractivity contribution in [1.82, 2.24) is 0 Å². The SMILES string of the molecule is COC1O[C@H](COCc2cccc(C)c2)C[C@@H]1C. The maximum atomic E-state index is 5.74. The Morgan fingerprint density at radius 3 is 2.89 bits per heavy atom. The van der Waals surface area contributed by atoms with E-state index in [-0.39, 0.29) is 12.4 Å². The fraction of sp³-hybridized carbons (Fsp3) is 0.600. The second kappa shape index (κ2) is 6.32. The predicted octanol–water partition coefficient (Wildman–Crippen LogP) is 2.91. The molecule has 1 aromatic rings. The van der Waals surface area contributed by atoms with Crippen LogP contribution in [0.25, 0.3) is 0 Å². The zero-order valence-electron chi connectivity index (χ0n) is 11.4. The Balaban J connectivity index is 1.73. The Bertz CT molecular complexity index is 378. The number of hydrogen-bond acceptors (Lipinski definition) is 3. The van der Waals surface area contributed by atoms with E-state index in [0.29, 0.717) is 19.1 Å². The van der Waals surface area contributed by atoms with Crippen LogP contribution in [-0.2, 0) is 20.8 Å². The molecule has 0 saturated carbocycles. The van der Waals surface area contributed by atoms with E-state index in [2.05, 4.69) is 38.1 Å². The zero-order valence-corrected chi connectivity index (χ0v) is 11.4. The van der Waals surface area contributed by atoms with Crippen molar-refractivity contribution in [3.8, 4) is 0 Å². The van der Waals surface area contributed by atoms with Crippen LogP contribution in [0.2, 0.25) is 0 Å². The highest BCUT2D eigenvalue weighted by molar-refractivity contribution is 5.21. The average Bonchev–Trinajstić information content (AvgIpc) is 2.70. The lowest BCUT2D eigenvalue weighted by Crippen LogP contribution is -2.18.